The summed E-state index contributed by atoms with van der Waals surface area (Å²) in [6, 6.07) is 0. The lowest BCUT2D eigenvalue weighted by Gasteiger charge is -2.60. The summed E-state index contributed by atoms with van der Waals surface area (Å²) < 4.78 is 1.73. The van der Waals surface area contributed by atoms with E-state index in [-0.39, 0.29) is 11.5 Å². The zero-order chi connectivity index (χ0) is 18.4. The molecule has 0 spiro atoms. The van der Waals surface area contributed by atoms with Crippen molar-refractivity contribution in [1.82, 2.24) is 25.0 Å². The number of aliphatic hydroxyl groups excluding tert-OH is 1. The van der Waals surface area contributed by atoms with Crippen molar-refractivity contribution in [3.05, 3.63) is 17.5 Å². The van der Waals surface area contributed by atoms with Crippen molar-refractivity contribution in [2.24, 2.45) is 34.5 Å². The number of tetrazole rings is 1. The van der Waals surface area contributed by atoms with E-state index in [9.17, 15) is 5.11 Å². The number of rotatable bonds is 0. The van der Waals surface area contributed by atoms with Crippen LogP contribution in [0.2, 0.25) is 0 Å². The number of nitrogens with zero attached hydrogens (tertiary/aromatic N) is 5. The van der Waals surface area contributed by atoms with Crippen LogP contribution in [-0.4, -0.2) is 36.2 Å². The SMILES string of the molecule is C[C@]12Cc3cn4nnnc4nc3C[C@@H]1CC[C@H]1[C@@H]2CC[C@]2(C)[C@@H](O)CC[C@@H]12. The van der Waals surface area contributed by atoms with E-state index in [1.54, 1.807) is 4.52 Å². The second kappa shape index (κ2) is 5.28. The molecular weight excluding hydrogens is 338 g/mol. The van der Waals surface area contributed by atoms with E-state index in [1.807, 2.05) is 0 Å². The second-order valence-corrected chi connectivity index (χ2v) is 10.3. The summed E-state index contributed by atoms with van der Waals surface area (Å²) in [5, 5.41) is 22.5. The van der Waals surface area contributed by atoms with Crippen molar-refractivity contribution >= 4 is 5.78 Å². The fourth-order valence-corrected chi connectivity index (χ4v) is 7.85. The Morgan fingerprint density at radius 1 is 1.07 bits per heavy atom. The van der Waals surface area contributed by atoms with E-state index >= 15 is 0 Å². The Morgan fingerprint density at radius 3 is 2.81 bits per heavy atom. The van der Waals surface area contributed by atoms with Crippen molar-refractivity contribution in [3.8, 4) is 0 Å². The van der Waals surface area contributed by atoms with E-state index < -0.39 is 0 Å². The van der Waals surface area contributed by atoms with E-state index in [2.05, 4.69) is 35.6 Å². The molecule has 27 heavy (non-hydrogen) atoms. The van der Waals surface area contributed by atoms with Crippen molar-refractivity contribution in [3.63, 3.8) is 0 Å². The summed E-state index contributed by atoms with van der Waals surface area (Å²) >= 11 is 0. The van der Waals surface area contributed by atoms with Crippen LogP contribution in [-0.2, 0) is 12.8 Å². The minimum absolute atomic E-state index is 0.0849. The highest BCUT2D eigenvalue weighted by molar-refractivity contribution is 5.34. The molecule has 3 fully saturated rings. The minimum Gasteiger partial charge on any atom is -0.393 e. The molecule has 6 rings (SSSR count). The topological polar surface area (TPSA) is 76.2 Å². The molecule has 2 heterocycles. The largest absolute Gasteiger partial charge is 0.393 e. The fraction of sp³-hybridized carbons (Fsp3) is 0.810. The first kappa shape index (κ1) is 16.4. The molecule has 0 aromatic carbocycles. The van der Waals surface area contributed by atoms with E-state index in [4.69, 9.17) is 4.98 Å². The molecule has 6 nitrogen and oxygen atoms in total. The minimum atomic E-state index is -0.0849. The van der Waals surface area contributed by atoms with Gasteiger partial charge in [-0.15, -0.1) is 0 Å². The van der Waals surface area contributed by atoms with Gasteiger partial charge in [-0.05, 0) is 102 Å². The maximum atomic E-state index is 10.7. The normalized spacial score (nSPS) is 45.8. The molecule has 0 radical (unpaired) electrons. The number of aliphatic hydroxyl groups is 1. The Balaban J connectivity index is 1.38. The number of hydrogen-bond acceptors (Lipinski definition) is 5. The van der Waals surface area contributed by atoms with Gasteiger partial charge in [-0.25, -0.2) is 4.98 Å². The predicted octanol–water partition coefficient (Wildman–Crippen LogP) is 2.84. The highest BCUT2D eigenvalue weighted by Crippen LogP contribution is 2.65. The molecule has 4 aliphatic carbocycles. The second-order valence-electron chi connectivity index (χ2n) is 10.3. The molecule has 4 aliphatic rings. The summed E-state index contributed by atoms with van der Waals surface area (Å²) in [6.45, 7) is 4.92. The summed E-state index contributed by atoms with van der Waals surface area (Å²) in [5.41, 5.74) is 3.06. The first-order valence-electron chi connectivity index (χ1n) is 10.7. The third-order valence-corrected chi connectivity index (χ3v) is 9.39. The van der Waals surface area contributed by atoms with Crippen LogP contribution in [0.15, 0.2) is 6.20 Å². The van der Waals surface area contributed by atoms with Gasteiger partial charge in [0, 0.05) is 11.9 Å². The zero-order valence-corrected chi connectivity index (χ0v) is 16.3. The zero-order valence-electron chi connectivity index (χ0n) is 16.3. The molecule has 0 unspecified atom stereocenters. The van der Waals surface area contributed by atoms with Crippen LogP contribution in [0.3, 0.4) is 0 Å². The van der Waals surface area contributed by atoms with Crippen LogP contribution >= 0.6 is 0 Å². The van der Waals surface area contributed by atoms with Gasteiger partial charge in [0.25, 0.3) is 5.78 Å². The predicted molar refractivity (Wildman–Crippen MR) is 99.9 cm³/mol. The van der Waals surface area contributed by atoms with Crippen molar-refractivity contribution < 1.29 is 5.11 Å². The van der Waals surface area contributed by atoms with Crippen LogP contribution < -0.4 is 0 Å². The van der Waals surface area contributed by atoms with Gasteiger partial charge < -0.3 is 5.11 Å². The van der Waals surface area contributed by atoms with Crippen LogP contribution in [0.4, 0.5) is 0 Å². The Bertz CT molecular complexity index is 911. The quantitative estimate of drug-likeness (QED) is 0.775. The molecule has 0 saturated heterocycles. The summed E-state index contributed by atoms with van der Waals surface area (Å²) in [7, 11) is 0. The highest BCUT2D eigenvalue weighted by atomic mass is 16.3. The van der Waals surface area contributed by atoms with Gasteiger partial charge in [0.05, 0.1) is 6.10 Å². The van der Waals surface area contributed by atoms with Crippen molar-refractivity contribution in [2.45, 2.75) is 71.3 Å². The Kier molecular flexibility index (Phi) is 3.21. The lowest BCUT2D eigenvalue weighted by molar-refractivity contribution is -0.111. The Labute approximate surface area is 159 Å². The van der Waals surface area contributed by atoms with Crippen LogP contribution in [0.1, 0.15) is 63.6 Å². The molecule has 7 atom stereocenters. The number of aromatic nitrogens is 5. The van der Waals surface area contributed by atoms with Gasteiger partial charge in [0.1, 0.15) is 0 Å². The van der Waals surface area contributed by atoms with Gasteiger partial charge >= 0.3 is 0 Å². The van der Waals surface area contributed by atoms with Crippen LogP contribution in [0, 0.1) is 34.5 Å². The third kappa shape index (κ3) is 2.05. The molecule has 0 bridgehead atoms. The smallest absolute Gasteiger partial charge is 0.273 e. The van der Waals surface area contributed by atoms with Gasteiger partial charge in [-0.2, -0.15) is 4.52 Å². The first-order chi connectivity index (χ1) is 13.0. The number of fused-ring (bicyclic) bond motifs is 7. The van der Waals surface area contributed by atoms with E-state index in [0.717, 1.165) is 31.1 Å². The van der Waals surface area contributed by atoms with Crippen LogP contribution in [0.25, 0.3) is 5.78 Å². The van der Waals surface area contributed by atoms with E-state index in [0.29, 0.717) is 23.0 Å². The molecular formula is C21H29N5O. The molecule has 1 N–H and O–H groups in total. The van der Waals surface area contributed by atoms with Crippen LogP contribution in [0.5, 0.6) is 0 Å². The molecule has 0 aliphatic heterocycles. The molecule has 0 amide bonds. The molecule has 6 heteroatoms. The Morgan fingerprint density at radius 2 is 1.93 bits per heavy atom. The maximum absolute atomic E-state index is 10.7. The molecule has 2 aromatic heterocycles. The highest BCUT2D eigenvalue weighted by Gasteiger charge is 2.60. The Hall–Kier alpha value is -1.56. The average Bonchev–Trinajstić information content (AvgIpc) is 3.21. The summed E-state index contributed by atoms with van der Waals surface area (Å²) in [4.78, 5) is 4.77. The van der Waals surface area contributed by atoms with Gasteiger partial charge in [-0.3, -0.25) is 0 Å². The summed E-state index contributed by atoms with van der Waals surface area (Å²) in [6.07, 6.45) is 11.5. The average molecular weight is 367 g/mol. The molecule has 3 saturated carbocycles. The lowest BCUT2D eigenvalue weighted by atomic mass is 9.45. The van der Waals surface area contributed by atoms with E-state index in [1.165, 1.54) is 43.4 Å². The lowest BCUT2D eigenvalue weighted by Crippen LogP contribution is -2.54. The monoisotopic (exact) mass is 367 g/mol. The van der Waals surface area contributed by atoms with Gasteiger partial charge in [0.15, 0.2) is 0 Å². The first-order valence-corrected chi connectivity index (χ1v) is 10.7. The molecule has 144 valence electrons. The third-order valence-electron chi connectivity index (χ3n) is 9.39. The van der Waals surface area contributed by atoms with Crippen molar-refractivity contribution in [2.75, 3.05) is 0 Å². The van der Waals surface area contributed by atoms with Gasteiger partial charge in [0.2, 0.25) is 0 Å². The van der Waals surface area contributed by atoms with Gasteiger partial charge in [-0.1, -0.05) is 18.9 Å². The number of hydrogen-bond donors (Lipinski definition) is 1. The standard InChI is InChI=1S/C21H29N5O/c1-20-8-7-16-14(15(20)5-6-18(20)27)4-3-13-9-17-12(10-21(13,16)2)11-26-19(22-17)23-24-25-26/h11,13-16,18,27H,3-10H2,1-2H3/t13-,14+,15-,16-,18-,20-,21-/m0/s1. The molecule has 2 aromatic rings. The maximum Gasteiger partial charge on any atom is 0.273 e. The summed E-state index contributed by atoms with van der Waals surface area (Å²) in [5.74, 6) is 3.61. The van der Waals surface area contributed by atoms with Crippen molar-refractivity contribution in [1.29, 1.82) is 0 Å². The fourth-order valence-electron chi connectivity index (χ4n) is 7.85.